The zero-order valence-electron chi connectivity index (χ0n) is 9.54. The Morgan fingerprint density at radius 3 is 2.89 bits per heavy atom. The van der Waals surface area contributed by atoms with Crippen molar-refractivity contribution in [2.75, 3.05) is 31.2 Å². The number of nitrogens with zero attached hydrogens (tertiary/aromatic N) is 4. The molecule has 0 radical (unpaired) electrons. The number of anilines is 1. The molecule has 3 rings (SSSR count). The van der Waals surface area contributed by atoms with Gasteiger partial charge in [0.15, 0.2) is 12.1 Å². The lowest BCUT2D eigenvalue weighted by Crippen LogP contribution is -2.37. The number of ether oxygens (including phenoxy) is 1. The van der Waals surface area contributed by atoms with E-state index in [9.17, 15) is 4.79 Å². The standard InChI is InChI=1S/C11H11ClN4O2/c12-11-13-10(15-1-3-18-4-2-15)9-5-8(7-17)6-16(9)14-11/h5-7H,1-4H2. The first kappa shape index (κ1) is 11.4. The number of carbonyl (C=O) groups is 1. The maximum Gasteiger partial charge on any atom is 0.243 e. The first-order valence-corrected chi connectivity index (χ1v) is 5.99. The van der Waals surface area contributed by atoms with E-state index in [0.29, 0.717) is 18.8 Å². The van der Waals surface area contributed by atoms with Crippen molar-refractivity contribution in [3.63, 3.8) is 0 Å². The van der Waals surface area contributed by atoms with Gasteiger partial charge in [-0.25, -0.2) is 4.52 Å². The van der Waals surface area contributed by atoms with Gasteiger partial charge in [0.1, 0.15) is 5.52 Å². The fourth-order valence-electron chi connectivity index (χ4n) is 2.05. The third kappa shape index (κ3) is 1.93. The van der Waals surface area contributed by atoms with Gasteiger partial charge < -0.3 is 9.64 Å². The molecule has 0 atom stereocenters. The molecule has 3 heterocycles. The fourth-order valence-corrected chi connectivity index (χ4v) is 2.21. The van der Waals surface area contributed by atoms with Crippen LogP contribution in [0.15, 0.2) is 12.3 Å². The molecule has 2 aromatic rings. The van der Waals surface area contributed by atoms with E-state index >= 15 is 0 Å². The van der Waals surface area contributed by atoms with Crippen LogP contribution in [0, 0.1) is 0 Å². The van der Waals surface area contributed by atoms with Gasteiger partial charge in [0.2, 0.25) is 5.28 Å². The molecule has 7 heteroatoms. The van der Waals surface area contributed by atoms with Crippen molar-refractivity contribution in [2.45, 2.75) is 0 Å². The number of hydrogen-bond acceptors (Lipinski definition) is 5. The van der Waals surface area contributed by atoms with E-state index in [0.717, 1.165) is 30.7 Å². The van der Waals surface area contributed by atoms with E-state index in [4.69, 9.17) is 16.3 Å². The smallest absolute Gasteiger partial charge is 0.243 e. The lowest BCUT2D eigenvalue weighted by Gasteiger charge is -2.28. The van der Waals surface area contributed by atoms with Crippen LogP contribution < -0.4 is 4.90 Å². The third-order valence-electron chi connectivity index (χ3n) is 2.89. The first-order chi connectivity index (χ1) is 8.78. The molecule has 0 bridgehead atoms. The number of rotatable bonds is 2. The summed E-state index contributed by atoms with van der Waals surface area (Å²) in [5.74, 6) is 0.742. The van der Waals surface area contributed by atoms with Gasteiger partial charge in [-0.15, -0.1) is 5.10 Å². The topological polar surface area (TPSA) is 59.7 Å². The second-order valence-corrected chi connectivity index (χ2v) is 4.36. The van der Waals surface area contributed by atoms with Crippen LogP contribution in [0.2, 0.25) is 5.28 Å². The minimum absolute atomic E-state index is 0.164. The lowest BCUT2D eigenvalue weighted by atomic mass is 10.3. The number of fused-ring (bicyclic) bond motifs is 1. The zero-order valence-corrected chi connectivity index (χ0v) is 10.3. The highest BCUT2D eigenvalue weighted by Crippen LogP contribution is 2.22. The summed E-state index contributed by atoms with van der Waals surface area (Å²) < 4.78 is 6.90. The third-order valence-corrected chi connectivity index (χ3v) is 3.05. The van der Waals surface area contributed by atoms with Crippen LogP contribution in [-0.2, 0) is 4.74 Å². The normalized spacial score (nSPS) is 16.2. The second-order valence-electron chi connectivity index (χ2n) is 4.02. The van der Waals surface area contributed by atoms with Gasteiger partial charge in [-0.05, 0) is 17.7 Å². The fraction of sp³-hybridized carbons (Fsp3) is 0.364. The Balaban J connectivity index is 2.13. The number of carbonyl (C=O) groups excluding carboxylic acids is 1. The summed E-state index contributed by atoms with van der Waals surface area (Å²) in [6.45, 7) is 2.83. The molecule has 1 aliphatic heterocycles. The lowest BCUT2D eigenvalue weighted by molar-refractivity contribution is 0.112. The summed E-state index contributed by atoms with van der Waals surface area (Å²) in [7, 11) is 0. The van der Waals surface area contributed by atoms with E-state index < -0.39 is 0 Å². The summed E-state index contributed by atoms with van der Waals surface area (Å²) >= 11 is 5.91. The predicted octanol–water partition coefficient (Wildman–Crippen LogP) is 1.03. The number of aldehydes is 1. The van der Waals surface area contributed by atoms with Crippen molar-refractivity contribution in [3.05, 3.63) is 23.1 Å². The first-order valence-electron chi connectivity index (χ1n) is 5.62. The van der Waals surface area contributed by atoms with Crippen molar-refractivity contribution in [1.82, 2.24) is 14.6 Å². The molecule has 0 N–H and O–H groups in total. The Morgan fingerprint density at radius 1 is 1.39 bits per heavy atom. The molecule has 0 aliphatic carbocycles. The van der Waals surface area contributed by atoms with E-state index in [2.05, 4.69) is 15.0 Å². The Labute approximate surface area is 108 Å². The maximum absolute atomic E-state index is 10.8. The summed E-state index contributed by atoms with van der Waals surface area (Å²) in [5.41, 5.74) is 1.34. The van der Waals surface area contributed by atoms with E-state index in [1.807, 2.05) is 0 Å². The molecule has 0 amide bonds. The van der Waals surface area contributed by atoms with Crippen molar-refractivity contribution in [2.24, 2.45) is 0 Å². The van der Waals surface area contributed by atoms with Gasteiger partial charge in [0.25, 0.3) is 0 Å². The van der Waals surface area contributed by atoms with Crippen LogP contribution in [0.1, 0.15) is 10.4 Å². The minimum Gasteiger partial charge on any atom is -0.378 e. The van der Waals surface area contributed by atoms with E-state index in [-0.39, 0.29) is 5.28 Å². The predicted molar refractivity (Wildman–Crippen MR) is 66.4 cm³/mol. The molecule has 1 saturated heterocycles. The quantitative estimate of drug-likeness (QED) is 0.760. The summed E-state index contributed by atoms with van der Waals surface area (Å²) in [6, 6.07) is 1.76. The molecule has 0 aromatic carbocycles. The van der Waals surface area contributed by atoms with Crippen LogP contribution in [0.5, 0.6) is 0 Å². The molecule has 94 valence electrons. The molecule has 1 aliphatic rings. The van der Waals surface area contributed by atoms with E-state index in [1.54, 1.807) is 16.8 Å². The SMILES string of the molecule is O=Cc1cc2c(N3CCOCC3)nc(Cl)nn2c1. The van der Waals surface area contributed by atoms with Gasteiger partial charge in [0, 0.05) is 24.8 Å². The van der Waals surface area contributed by atoms with Crippen molar-refractivity contribution < 1.29 is 9.53 Å². The average molecular weight is 267 g/mol. The number of halogens is 1. The highest BCUT2D eigenvalue weighted by Gasteiger charge is 2.18. The van der Waals surface area contributed by atoms with Crippen molar-refractivity contribution >= 4 is 29.2 Å². The van der Waals surface area contributed by atoms with Crippen LogP contribution in [0.4, 0.5) is 5.82 Å². The molecule has 1 fully saturated rings. The monoisotopic (exact) mass is 266 g/mol. The summed E-state index contributed by atoms with van der Waals surface area (Å²) in [6.07, 6.45) is 2.42. The molecular weight excluding hydrogens is 256 g/mol. The number of morpholine rings is 1. The second kappa shape index (κ2) is 4.55. The molecular formula is C11H11ClN4O2. The van der Waals surface area contributed by atoms with Crippen LogP contribution in [0.3, 0.4) is 0 Å². The van der Waals surface area contributed by atoms with Crippen LogP contribution in [-0.4, -0.2) is 47.2 Å². The average Bonchev–Trinajstić information content (AvgIpc) is 2.81. The van der Waals surface area contributed by atoms with Crippen LogP contribution >= 0.6 is 11.6 Å². The summed E-state index contributed by atoms with van der Waals surface area (Å²) in [4.78, 5) is 17.2. The van der Waals surface area contributed by atoms with Crippen LogP contribution in [0.25, 0.3) is 5.52 Å². The molecule has 0 unspecified atom stereocenters. The van der Waals surface area contributed by atoms with Gasteiger partial charge >= 0.3 is 0 Å². The van der Waals surface area contributed by atoms with Gasteiger partial charge in [-0.3, -0.25) is 4.79 Å². The Morgan fingerprint density at radius 2 is 2.17 bits per heavy atom. The Bertz CT molecular complexity index is 592. The Kier molecular flexibility index (Phi) is 2.89. The van der Waals surface area contributed by atoms with Gasteiger partial charge in [-0.1, -0.05) is 0 Å². The molecule has 2 aromatic heterocycles. The highest BCUT2D eigenvalue weighted by molar-refractivity contribution is 6.28. The zero-order chi connectivity index (χ0) is 12.5. The molecule has 18 heavy (non-hydrogen) atoms. The number of hydrogen-bond donors (Lipinski definition) is 0. The maximum atomic E-state index is 10.8. The van der Waals surface area contributed by atoms with Gasteiger partial charge in [0.05, 0.1) is 13.2 Å². The largest absolute Gasteiger partial charge is 0.378 e. The Hall–Kier alpha value is -1.66. The van der Waals surface area contributed by atoms with E-state index in [1.165, 1.54) is 0 Å². The molecule has 0 spiro atoms. The number of aromatic nitrogens is 3. The highest BCUT2D eigenvalue weighted by atomic mass is 35.5. The summed E-state index contributed by atoms with van der Waals surface area (Å²) in [5, 5.41) is 4.22. The van der Waals surface area contributed by atoms with Crippen molar-refractivity contribution in [1.29, 1.82) is 0 Å². The molecule has 0 saturated carbocycles. The molecule has 6 nitrogen and oxygen atoms in total. The minimum atomic E-state index is 0.164. The van der Waals surface area contributed by atoms with Crippen molar-refractivity contribution in [3.8, 4) is 0 Å². The van der Waals surface area contributed by atoms with Gasteiger partial charge in [-0.2, -0.15) is 4.98 Å².